The Bertz CT molecular complexity index is 692. The second-order valence-corrected chi connectivity index (χ2v) is 8.12. The van der Waals surface area contributed by atoms with Crippen LogP contribution in [0.5, 0.6) is 5.75 Å². The van der Waals surface area contributed by atoms with E-state index in [1.54, 1.807) is 0 Å². The average Bonchev–Trinajstić information content (AvgIpc) is 3.41. The minimum Gasteiger partial charge on any atom is -0.493 e. The van der Waals surface area contributed by atoms with Gasteiger partial charge in [-0.05, 0) is 44.7 Å². The lowest BCUT2D eigenvalue weighted by Gasteiger charge is -2.21. The fourth-order valence-electron chi connectivity index (χ4n) is 4.18. The Kier molecular flexibility index (Phi) is 10.7. The lowest BCUT2D eigenvalue weighted by molar-refractivity contribution is -0.134. The van der Waals surface area contributed by atoms with Gasteiger partial charge in [-0.25, -0.2) is 0 Å². The van der Waals surface area contributed by atoms with Crippen LogP contribution in [0.2, 0.25) is 0 Å². The number of hydrogen-bond donors (Lipinski definition) is 2. The van der Waals surface area contributed by atoms with E-state index in [1.807, 2.05) is 23.1 Å². The smallest absolute Gasteiger partial charge is 0.225 e. The van der Waals surface area contributed by atoms with Crippen molar-refractivity contribution in [2.75, 3.05) is 32.8 Å². The van der Waals surface area contributed by atoms with Crippen LogP contribution >= 0.6 is 24.0 Å². The van der Waals surface area contributed by atoms with Crippen LogP contribution in [0.15, 0.2) is 29.3 Å². The molecule has 2 fully saturated rings. The first-order valence-corrected chi connectivity index (χ1v) is 11.2. The van der Waals surface area contributed by atoms with Crippen molar-refractivity contribution in [2.45, 2.75) is 58.4 Å². The average molecular weight is 528 g/mol. The summed E-state index contributed by atoms with van der Waals surface area (Å²) in [5.74, 6) is 2.41. The molecule has 0 spiro atoms. The van der Waals surface area contributed by atoms with Crippen molar-refractivity contribution in [2.24, 2.45) is 10.9 Å². The van der Waals surface area contributed by atoms with E-state index in [0.717, 1.165) is 62.6 Å². The number of hydrogen-bond acceptors (Lipinski definition) is 3. The summed E-state index contributed by atoms with van der Waals surface area (Å²) < 4.78 is 5.85. The molecule has 0 bridgehead atoms. The third-order valence-corrected chi connectivity index (χ3v) is 5.81. The third-order valence-electron chi connectivity index (χ3n) is 5.81. The van der Waals surface area contributed by atoms with Crippen LogP contribution in [-0.2, 0) is 4.79 Å². The fourth-order valence-corrected chi connectivity index (χ4v) is 4.18. The predicted octanol–water partition coefficient (Wildman–Crippen LogP) is 3.73. The Morgan fingerprint density at radius 3 is 2.73 bits per heavy atom. The fraction of sp³-hybridized carbons (Fsp3) is 0.652. The molecule has 7 heteroatoms. The minimum absolute atomic E-state index is 0. The molecule has 6 nitrogen and oxygen atoms in total. The molecule has 1 amide bonds. The van der Waals surface area contributed by atoms with Gasteiger partial charge in [0.15, 0.2) is 5.96 Å². The highest BCUT2D eigenvalue weighted by Gasteiger charge is 2.32. The molecule has 1 saturated heterocycles. The van der Waals surface area contributed by atoms with E-state index in [2.05, 4.69) is 35.5 Å². The van der Waals surface area contributed by atoms with Gasteiger partial charge in [-0.2, -0.15) is 0 Å². The molecule has 0 aromatic heterocycles. The molecule has 168 valence electrons. The maximum atomic E-state index is 12.6. The number of halogens is 1. The van der Waals surface area contributed by atoms with Crippen molar-refractivity contribution in [3.63, 3.8) is 0 Å². The van der Waals surface area contributed by atoms with Crippen molar-refractivity contribution in [3.8, 4) is 5.75 Å². The van der Waals surface area contributed by atoms with Crippen LogP contribution in [0.25, 0.3) is 0 Å². The number of likely N-dealkylation sites (tertiary alicyclic amines) is 1. The van der Waals surface area contributed by atoms with Crippen LogP contribution in [-0.4, -0.2) is 55.6 Å². The second kappa shape index (κ2) is 13.0. The van der Waals surface area contributed by atoms with E-state index in [1.165, 1.54) is 12.8 Å². The summed E-state index contributed by atoms with van der Waals surface area (Å²) in [6.07, 6.45) is 6.40. The van der Waals surface area contributed by atoms with Gasteiger partial charge in [0.25, 0.3) is 0 Å². The maximum Gasteiger partial charge on any atom is 0.225 e. The number of guanidine groups is 1. The molecule has 1 aromatic rings. The van der Waals surface area contributed by atoms with Gasteiger partial charge in [-0.3, -0.25) is 9.79 Å². The molecule has 1 unspecified atom stereocenters. The van der Waals surface area contributed by atoms with E-state index >= 15 is 0 Å². The van der Waals surface area contributed by atoms with E-state index in [0.29, 0.717) is 19.1 Å². The number of carbonyl (C=O) groups excluding carboxylic acids is 1. The maximum absolute atomic E-state index is 12.6. The summed E-state index contributed by atoms with van der Waals surface area (Å²) in [7, 11) is 0. The van der Waals surface area contributed by atoms with Crippen molar-refractivity contribution in [1.29, 1.82) is 0 Å². The summed E-state index contributed by atoms with van der Waals surface area (Å²) in [6.45, 7) is 7.96. The Hall–Kier alpha value is -1.51. The van der Waals surface area contributed by atoms with Crippen LogP contribution in [0.4, 0.5) is 0 Å². The van der Waals surface area contributed by atoms with Gasteiger partial charge < -0.3 is 20.3 Å². The van der Waals surface area contributed by atoms with Crippen LogP contribution < -0.4 is 15.4 Å². The molecule has 1 aromatic carbocycles. The molecule has 2 aliphatic rings. The first-order chi connectivity index (χ1) is 14.2. The van der Waals surface area contributed by atoms with Gasteiger partial charge >= 0.3 is 0 Å². The quantitative estimate of drug-likeness (QED) is 0.234. The number of rotatable bonds is 8. The van der Waals surface area contributed by atoms with Crippen molar-refractivity contribution in [3.05, 3.63) is 29.8 Å². The van der Waals surface area contributed by atoms with E-state index in [-0.39, 0.29) is 35.9 Å². The van der Waals surface area contributed by atoms with E-state index in [9.17, 15) is 4.79 Å². The van der Waals surface area contributed by atoms with E-state index < -0.39 is 0 Å². The Morgan fingerprint density at radius 2 is 2.00 bits per heavy atom. The number of nitrogens with zero attached hydrogens (tertiary/aromatic N) is 2. The van der Waals surface area contributed by atoms with Gasteiger partial charge in [0.1, 0.15) is 5.75 Å². The normalized spacial score (nSPS) is 19.5. The molecule has 0 radical (unpaired) electrons. The van der Waals surface area contributed by atoms with Crippen LogP contribution in [0.3, 0.4) is 0 Å². The molecular weight excluding hydrogens is 491 g/mol. The van der Waals surface area contributed by atoms with Crippen LogP contribution in [0, 0.1) is 12.8 Å². The number of amides is 1. The summed E-state index contributed by atoms with van der Waals surface area (Å²) in [4.78, 5) is 19.4. The standard InChI is InChI=1S/C23H36N4O2.HI/c1-3-24-23(25-14-8-16-29-21-12-7-4-9-18(21)2)26-20-13-15-27(17-20)22(28)19-10-5-6-11-19;/h4,7,9,12,19-20H,3,5-6,8,10-11,13-17H2,1-2H3,(H2,24,25,26);1H. The van der Waals surface area contributed by atoms with Crippen LogP contribution in [0.1, 0.15) is 51.0 Å². The lowest BCUT2D eigenvalue weighted by atomic mass is 10.1. The summed E-state index contributed by atoms with van der Waals surface area (Å²) in [5.41, 5.74) is 1.16. The van der Waals surface area contributed by atoms with Crippen molar-refractivity contribution < 1.29 is 9.53 Å². The number of aliphatic imine (C=N–C) groups is 1. The molecule has 1 heterocycles. The Balaban J connectivity index is 0.00000320. The van der Waals surface area contributed by atoms with E-state index in [4.69, 9.17) is 4.74 Å². The lowest BCUT2D eigenvalue weighted by Crippen LogP contribution is -2.45. The van der Waals surface area contributed by atoms with Gasteiger partial charge in [0.05, 0.1) is 6.61 Å². The first kappa shape index (κ1) is 24.8. The molecular formula is C23H37IN4O2. The number of nitrogens with one attached hydrogen (secondary N) is 2. The topological polar surface area (TPSA) is 66.0 Å². The number of para-hydroxylation sites is 1. The highest BCUT2D eigenvalue weighted by Crippen LogP contribution is 2.27. The largest absolute Gasteiger partial charge is 0.493 e. The molecule has 1 saturated carbocycles. The zero-order valence-corrected chi connectivity index (χ0v) is 20.7. The highest BCUT2D eigenvalue weighted by atomic mass is 127. The molecule has 1 aliphatic carbocycles. The summed E-state index contributed by atoms with van der Waals surface area (Å²) in [6, 6.07) is 8.36. The van der Waals surface area contributed by atoms with Gasteiger partial charge in [-0.15, -0.1) is 24.0 Å². The van der Waals surface area contributed by atoms with Gasteiger partial charge in [0.2, 0.25) is 5.91 Å². The second-order valence-electron chi connectivity index (χ2n) is 8.12. The Morgan fingerprint density at radius 1 is 1.23 bits per heavy atom. The molecule has 3 rings (SSSR count). The summed E-state index contributed by atoms with van der Waals surface area (Å²) in [5, 5.41) is 6.84. The number of benzene rings is 1. The SMILES string of the molecule is CCNC(=NCCCOc1ccccc1C)NC1CCN(C(=O)C2CCCC2)C1.I. The predicted molar refractivity (Wildman–Crippen MR) is 133 cm³/mol. The number of aryl methyl sites for hydroxylation is 1. The van der Waals surface area contributed by atoms with Crippen molar-refractivity contribution >= 4 is 35.8 Å². The number of carbonyl (C=O) groups is 1. The molecule has 2 N–H and O–H groups in total. The number of ether oxygens (including phenoxy) is 1. The summed E-state index contributed by atoms with van der Waals surface area (Å²) >= 11 is 0. The monoisotopic (exact) mass is 528 g/mol. The zero-order valence-electron chi connectivity index (χ0n) is 18.4. The van der Waals surface area contributed by atoms with Gasteiger partial charge in [0, 0.05) is 44.6 Å². The molecule has 30 heavy (non-hydrogen) atoms. The molecule has 1 aliphatic heterocycles. The minimum atomic E-state index is 0. The third kappa shape index (κ3) is 7.32. The van der Waals surface area contributed by atoms with Crippen molar-refractivity contribution in [1.82, 2.24) is 15.5 Å². The zero-order chi connectivity index (χ0) is 20.5. The highest BCUT2D eigenvalue weighted by molar-refractivity contribution is 14.0. The first-order valence-electron chi connectivity index (χ1n) is 11.2. The van der Waals surface area contributed by atoms with Gasteiger partial charge in [-0.1, -0.05) is 31.0 Å². The Labute approximate surface area is 198 Å². The molecule has 1 atom stereocenters.